The molecule has 0 fully saturated rings. The van der Waals surface area contributed by atoms with Gasteiger partial charge in [-0.25, -0.2) is 0 Å². The minimum Gasteiger partial charge on any atom is -0.383 e. The van der Waals surface area contributed by atoms with E-state index in [-0.39, 0.29) is 24.3 Å². The van der Waals surface area contributed by atoms with E-state index < -0.39 is 11.7 Å². The van der Waals surface area contributed by atoms with Crippen LogP contribution in [0.2, 0.25) is 0 Å². The summed E-state index contributed by atoms with van der Waals surface area (Å²) >= 11 is 3.03. The Bertz CT molecular complexity index is 682. The number of nitrogens with one attached hydrogen (secondary N) is 1. The summed E-state index contributed by atoms with van der Waals surface area (Å²) in [6, 6.07) is 8.63. The summed E-state index contributed by atoms with van der Waals surface area (Å²) in [5, 5.41) is 2.72. The highest BCUT2D eigenvalue weighted by atomic mass is 79.9. The molecule has 21 heavy (non-hydrogen) atoms. The van der Waals surface area contributed by atoms with Gasteiger partial charge in [-0.2, -0.15) is 13.2 Å². The van der Waals surface area contributed by atoms with Gasteiger partial charge >= 0.3 is 6.18 Å². The van der Waals surface area contributed by atoms with Gasteiger partial charge in [0.25, 0.3) is 5.56 Å². The quantitative estimate of drug-likeness (QED) is 0.900. The molecule has 0 saturated heterocycles. The molecule has 0 spiro atoms. The molecule has 1 heterocycles. The van der Waals surface area contributed by atoms with Gasteiger partial charge in [0.2, 0.25) is 0 Å². The van der Waals surface area contributed by atoms with E-state index >= 15 is 0 Å². The first-order valence-corrected chi connectivity index (χ1v) is 6.93. The average molecular weight is 361 g/mol. The van der Waals surface area contributed by atoms with E-state index in [0.29, 0.717) is 4.47 Å². The highest BCUT2D eigenvalue weighted by Gasteiger charge is 2.33. The molecule has 0 atom stereocenters. The first-order chi connectivity index (χ1) is 9.88. The van der Waals surface area contributed by atoms with E-state index in [2.05, 4.69) is 21.2 Å². The number of hydrogen-bond donors (Lipinski definition) is 1. The Balaban J connectivity index is 2.11. The van der Waals surface area contributed by atoms with E-state index in [9.17, 15) is 18.0 Å². The standard InChI is InChI=1S/C14H12BrF3N2O/c15-10-4-5-12(11(9-10)14(16,17)18)19-6-8-20-7-2-1-3-13(20)21/h1-5,7,9,19H,6,8H2. The zero-order valence-electron chi connectivity index (χ0n) is 10.8. The third-order valence-electron chi connectivity index (χ3n) is 2.85. The Morgan fingerprint density at radius 3 is 2.62 bits per heavy atom. The fraction of sp³-hybridized carbons (Fsp3) is 0.214. The molecule has 7 heteroatoms. The van der Waals surface area contributed by atoms with Crippen molar-refractivity contribution in [2.45, 2.75) is 12.7 Å². The van der Waals surface area contributed by atoms with Crippen molar-refractivity contribution in [2.24, 2.45) is 0 Å². The molecule has 0 amide bonds. The van der Waals surface area contributed by atoms with Crippen molar-refractivity contribution in [3.8, 4) is 0 Å². The summed E-state index contributed by atoms with van der Waals surface area (Å²) in [5.74, 6) is 0. The van der Waals surface area contributed by atoms with Crippen LogP contribution in [0.25, 0.3) is 0 Å². The summed E-state index contributed by atoms with van der Waals surface area (Å²) in [4.78, 5) is 11.5. The topological polar surface area (TPSA) is 34.0 Å². The van der Waals surface area contributed by atoms with Crippen LogP contribution >= 0.6 is 15.9 Å². The first kappa shape index (κ1) is 15.6. The second kappa shape index (κ2) is 6.34. The van der Waals surface area contributed by atoms with Crippen molar-refractivity contribution < 1.29 is 13.2 Å². The number of pyridine rings is 1. The van der Waals surface area contributed by atoms with Gasteiger partial charge in [0.1, 0.15) is 0 Å². The fourth-order valence-electron chi connectivity index (χ4n) is 1.86. The molecule has 0 unspecified atom stereocenters. The van der Waals surface area contributed by atoms with Crippen molar-refractivity contribution in [3.63, 3.8) is 0 Å². The van der Waals surface area contributed by atoms with E-state index in [1.165, 1.54) is 22.8 Å². The van der Waals surface area contributed by atoms with Crippen LogP contribution < -0.4 is 10.9 Å². The highest BCUT2D eigenvalue weighted by Crippen LogP contribution is 2.36. The molecule has 2 aromatic rings. The molecule has 0 aliphatic carbocycles. The maximum absolute atomic E-state index is 12.9. The van der Waals surface area contributed by atoms with Crippen LogP contribution in [0.3, 0.4) is 0 Å². The Morgan fingerprint density at radius 2 is 1.95 bits per heavy atom. The van der Waals surface area contributed by atoms with E-state index in [1.54, 1.807) is 18.3 Å². The lowest BCUT2D eigenvalue weighted by atomic mass is 10.1. The fourth-order valence-corrected chi connectivity index (χ4v) is 2.22. The van der Waals surface area contributed by atoms with Crippen molar-refractivity contribution in [1.82, 2.24) is 4.57 Å². The zero-order valence-corrected chi connectivity index (χ0v) is 12.4. The molecule has 3 nitrogen and oxygen atoms in total. The molecule has 0 saturated carbocycles. The highest BCUT2D eigenvalue weighted by molar-refractivity contribution is 9.10. The van der Waals surface area contributed by atoms with Gasteiger partial charge in [-0.1, -0.05) is 22.0 Å². The first-order valence-electron chi connectivity index (χ1n) is 6.14. The van der Waals surface area contributed by atoms with E-state index in [1.807, 2.05) is 0 Å². The van der Waals surface area contributed by atoms with Crippen LogP contribution in [-0.4, -0.2) is 11.1 Å². The van der Waals surface area contributed by atoms with Crippen LogP contribution in [0, 0.1) is 0 Å². The number of aromatic nitrogens is 1. The number of hydrogen-bond acceptors (Lipinski definition) is 2. The second-order valence-electron chi connectivity index (χ2n) is 4.35. The smallest absolute Gasteiger partial charge is 0.383 e. The number of nitrogens with zero attached hydrogens (tertiary/aromatic N) is 1. The molecule has 0 radical (unpaired) electrons. The number of alkyl halides is 3. The van der Waals surface area contributed by atoms with Crippen molar-refractivity contribution in [2.75, 3.05) is 11.9 Å². The molecule has 0 aliphatic heterocycles. The number of halogens is 4. The van der Waals surface area contributed by atoms with E-state index in [0.717, 1.165) is 6.07 Å². The normalized spacial score (nSPS) is 11.4. The maximum Gasteiger partial charge on any atom is 0.418 e. The van der Waals surface area contributed by atoms with Crippen LogP contribution in [0.15, 0.2) is 51.9 Å². The van der Waals surface area contributed by atoms with Crippen LogP contribution in [0.4, 0.5) is 18.9 Å². The van der Waals surface area contributed by atoms with Crippen LogP contribution in [0.5, 0.6) is 0 Å². The van der Waals surface area contributed by atoms with Gasteiger partial charge in [0, 0.05) is 35.5 Å². The van der Waals surface area contributed by atoms with Crippen molar-refractivity contribution in [1.29, 1.82) is 0 Å². The molecule has 0 aliphatic rings. The summed E-state index contributed by atoms with van der Waals surface area (Å²) in [7, 11) is 0. The summed E-state index contributed by atoms with van der Waals surface area (Å²) in [5.41, 5.74) is -0.932. The maximum atomic E-state index is 12.9. The minimum atomic E-state index is -4.43. The van der Waals surface area contributed by atoms with E-state index in [4.69, 9.17) is 0 Å². The molecular weight excluding hydrogens is 349 g/mol. The lowest BCUT2D eigenvalue weighted by Crippen LogP contribution is -2.22. The third-order valence-corrected chi connectivity index (χ3v) is 3.35. The van der Waals surface area contributed by atoms with Gasteiger partial charge in [0.05, 0.1) is 5.56 Å². The molecule has 1 aromatic carbocycles. The van der Waals surface area contributed by atoms with Gasteiger partial charge in [-0.05, 0) is 24.3 Å². The third kappa shape index (κ3) is 4.10. The minimum absolute atomic E-state index is 0.00493. The second-order valence-corrected chi connectivity index (χ2v) is 5.26. The Labute approximate surface area is 127 Å². The molecule has 1 aromatic heterocycles. The Hall–Kier alpha value is -1.76. The Kier molecular flexibility index (Phi) is 4.72. The molecular formula is C14H12BrF3N2O. The van der Waals surface area contributed by atoms with Crippen LogP contribution in [-0.2, 0) is 12.7 Å². The predicted octanol–water partition coefficient (Wildman–Crippen LogP) is 3.74. The van der Waals surface area contributed by atoms with Gasteiger partial charge in [0.15, 0.2) is 0 Å². The molecule has 1 N–H and O–H groups in total. The SMILES string of the molecule is O=c1ccccn1CCNc1ccc(Br)cc1C(F)(F)F. The average Bonchev–Trinajstić information content (AvgIpc) is 2.41. The summed E-state index contributed by atoms with van der Waals surface area (Å²) in [6.45, 7) is 0.502. The lowest BCUT2D eigenvalue weighted by molar-refractivity contribution is -0.137. The number of benzene rings is 1. The van der Waals surface area contributed by atoms with Crippen LogP contribution in [0.1, 0.15) is 5.56 Å². The number of anilines is 1. The van der Waals surface area contributed by atoms with Crippen molar-refractivity contribution in [3.05, 3.63) is 63.0 Å². The van der Waals surface area contributed by atoms with Gasteiger partial charge in [-0.3, -0.25) is 4.79 Å². The largest absolute Gasteiger partial charge is 0.418 e. The van der Waals surface area contributed by atoms with Crippen molar-refractivity contribution >= 4 is 21.6 Å². The van der Waals surface area contributed by atoms with Gasteiger partial charge < -0.3 is 9.88 Å². The van der Waals surface area contributed by atoms with Gasteiger partial charge in [-0.15, -0.1) is 0 Å². The number of rotatable bonds is 4. The molecule has 112 valence electrons. The lowest BCUT2D eigenvalue weighted by Gasteiger charge is -2.15. The monoisotopic (exact) mass is 360 g/mol. The zero-order chi connectivity index (χ0) is 15.5. The molecule has 0 bridgehead atoms. The predicted molar refractivity (Wildman–Crippen MR) is 78.3 cm³/mol. The summed E-state index contributed by atoms with van der Waals surface area (Å²) < 4.78 is 40.6. The Morgan fingerprint density at radius 1 is 1.19 bits per heavy atom. The summed E-state index contributed by atoms with van der Waals surface area (Å²) in [6.07, 6.45) is -2.84. The molecule has 2 rings (SSSR count).